The van der Waals surface area contributed by atoms with E-state index in [1.807, 2.05) is 6.92 Å². The van der Waals surface area contributed by atoms with Gasteiger partial charge in [-0.05, 0) is 19.8 Å². The van der Waals surface area contributed by atoms with Gasteiger partial charge < -0.3 is 20.7 Å². The van der Waals surface area contributed by atoms with E-state index in [-0.39, 0.29) is 12.1 Å². The van der Waals surface area contributed by atoms with Crippen LogP contribution < -0.4 is 10.6 Å². The van der Waals surface area contributed by atoms with Gasteiger partial charge in [-0.1, -0.05) is 12.8 Å². The van der Waals surface area contributed by atoms with Crippen LogP contribution in [0.5, 0.6) is 0 Å². The van der Waals surface area contributed by atoms with Crippen LogP contribution in [0.2, 0.25) is 0 Å². The predicted octanol–water partition coefficient (Wildman–Crippen LogP) is 1.50. The number of fused-ring (bicyclic) bond motifs is 1. The van der Waals surface area contributed by atoms with E-state index in [0.29, 0.717) is 17.4 Å². The molecule has 2 aromatic rings. The van der Waals surface area contributed by atoms with Crippen molar-refractivity contribution in [2.24, 2.45) is 0 Å². The Kier molecular flexibility index (Phi) is 3.43. The van der Waals surface area contributed by atoms with E-state index in [0.717, 1.165) is 37.7 Å². The average Bonchev–Trinajstić information content (AvgIpc) is 3.08. The van der Waals surface area contributed by atoms with Gasteiger partial charge in [0.25, 0.3) is 0 Å². The summed E-state index contributed by atoms with van der Waals surface area (Å²) in [6, 6.07) is 0. The number of hydrogen-bond donors (Lipinski definition) is 4. The number of aromatic nitrogens is 4. The molecule has 2 heterocycles. The van der Waals surface area contributed by atoms with Crippen LogP contribution in [0.4, 0.5) is 11.8 Å². The van der Waals surface area contributed by atoms with Gasteiger partial charge in [-0.3, -0.25) is 0 Å². The lowest BCUT2D eigenvalue weighted by molar-refractivity contribution is 0.214. The second-order valence-electron chi connectivity index (χ2n) is 5.30. The zero-order valence-corrected chi connectivity index (χ0v) is 11.6. The summed E-state index contributed by atoms with van der Waals surface area (Å²) in [5.74, 6) is 1.26. The van der Waals surface area contributed by atoms with E-state index in [9.17, 15) is 5.11 Å². The first kappa shape index (κ1) is 13.1. The SMILES string of the molecule is CCNc1nc(NC2(CO)CCCC2)c2[nH]cnc2n1. The van der Waals surface area contributed by atoms with Crippen molar-refractivity contribution in [3.05, 3.63) is 6.33 Å². The molecular weight excluding hydrogens is 256 g/mol. The normalized spacial score (nSPS) is 17.5. The summed E-state index contributed by atoms with van der Waals surface area (Å²) < 4.78 is 0. The maximum Gasteiger partial charge on any atom is 0.226 e. The molecule has 0 radical (unpaired) electrons. The van der Waals surface area contributed by atoms with Crippen LogP contribution in [-0.4, -0.2) is 43.7 Å². The van der Waals surface area contributed by atoms with Crippen LogP contribution in [0.3, 0.4) is 0 Å². The lowest BCUT2D eigenvalue weighted by Crippen LogP contribution is -2.39. The van der Waals surface area contributed by atoms with E-state index in [1.54, 1.807) is 6.33 Å². The minimum Gasteiger partial charge on any atom is -0.394 e. The van der Waals surface area contributed by atoms with Gasteiger partial charge in [0.1, 0.15) is 5.52 Å². The highest BCUT2D eigenvalue weighted by atomic mass is 16.3. The summed E-state index contributed by atoms with van der Waals surface area (Å²) in [5.41, 5.74) is 1.14. The van der Waals surface area contributed by atoms with E-state index in [2.05, 4.69) is 30.6 Å². The summed E-state index contributed by atoms with van der Waals surface area (Å²) in [6.45, 7) is 2.86. The number of aliphatic hydroxyl groups excluding tert-OH is 1. The molecule has 0 amide bonds. The molecule has 1 aliphatic rings. The monoisotopic (exact) mass is 276 g/mol. The maximum atomic E-state index is 9.73. The van der Waals surface area contributed by atoms with Crippen molar-refractivity contribution in [2.75, 3.05) is 23.8 Å². The molecule has 20 heavy (non-hydrogen) atoms. The molecule has 0 atom stereocenters. The summed E-state index contributed by atoms with van der Waals surface area (Å²) in [5, 5.41) is 16.3. The van der Waals surface area contributed by atoms with E-state index in [1.165, 1.54) is 0 Å². The van der Waals surface area contributed by atoms with Crippen LogP contribution in [-0.2, 0) is 0 Å². The number of rotatable bonds is 5. The smallest absolute Gasteiger partial charge is 0.226 e. The van der Waals surface area contributed by atoms with Crippen molar-refractivity contribution >= 4 is 22.9 Å². The van der Waals surface area contributed by atoms with E-state index < -0.39 is 0 Å². The van der Waals surface area contributed by atoms with Gasteiger partial charge in [0.15, 0.2) is 11.5 Å². The number of hydrogen-bond acceptors (Lipinski definition) is 6. The Hall–Kier alpha value is -1.89. The fraction of sp³-hybridized carbons (Fsp3) is 0.615. The minimum absolute atomic E-state index is 0.114. The zero-order chi connectivity index (χ0) is 14.0. The first-order chi connectivity index (χ1) is 9.76. The number of aromatic amines is 1. The van der Waals surface area contributed by atoms with Gasteiger partial charge >= 0.3 is 0 Å². The standard InChI is InChI=1S/C13H20N6O/c1-2-14-12-17-10-9(15-8-16-10)11(18-12)19-13(7-20)5-3-4-6-13/h8,20H,2-7H2,1H3,(H3,14,15,16,17,18,19). The average molecular weight is 276 g/mol. The topological polar surface area (TPSA) is 98.8 Å². The summed E-state index contributed by atoms with van der Waals surface area (Å²) >= 11 is 0. The predicted molar refractivity (Wildman–Crippen MR) is 77.8 cm³/mol. The molecule has 0 bridgehead atoms. The maximum absolute atomic E-state index is 9.73. The van der Waals surface area contributed by atoms with Crippen molar-refractivity contribution in [2.45, 2.75) is 38.1 Å². The summed E-state index contributed by atoms with van der Waals surface area (Å²) in [4.78, 5) is 16.1. The molecule has 0 saturated heterocycles. The third-order valence-electron chi connectivity index (χ3n) is 3.87. The van der Waals surface area contributed by atoms with Crippen molar-refractivity contribution in [1.82, 2.24) is 19.9 Å². The summed E-state index contributed by atoms with van der Waals surface area (Å²) in [6.07, 6.45) is 5.79. The van der Waals surface area contributed by atoms with Crippen molar-refractivity contribution in [3.63, 3.8) is 0 Å². The van der Waals surface area contributed by atoms with Gasteiger partial charge in [0.2, 0.25) is 5.95 Å². The number of imidazole rings is 1. The second kappa shape index (κ2) is 5.24. The number of aliphatic hydroxyl groups is 1. The number of H-pyrrole nitrogens is 1. The van der Waals surface area contributed by atoms with Crippen LogP contribution in [0.15, 0.2) is 6.33 Å². The quantitative estimate of drug-likeness (QED) is 0.660. The molecule has 7 heteroatoms. The number of anilines is 2. The molecule has 0 aromatic carbocycles. The lowest BCUT2D eigenvalue weighted by Gasteiger charge is -2.28. The van der Waals surface area contributed by atoms with Crippen LogP contribution in [0.25, 0.3) is 11.2 Å². The Labute approximate surface area is 117 Å². The van der Waals surface area contributed by atoms with Crippen molar-refractivity contribution in [1.29, 1.82) is 0 Å². The molecule has 4 N–H and O–H groups in total. The van der Waals surface area contributed by atoms with Gasteiger partial charge in [-0.2, -0.15) is 9.97 Å². The number of nitrogens with zero attached hydrogens (tertiary/aromatic N) is 3. The Bertz CT molecular complexity index is 590. The molecule has 108 valence electrons. The van der Waals surface area contributed by atoms with Gasteiger partial charge in [0, 0.05) is 6.54 Å². The molecule has 0 aliphatic heterocycles. The highest BCUT2D eigenvalue weighted by molar-refractivity contribution is 5.84. The van der Waals surface area contributed by atoms with Crippen molar-refractivity contribution in [3.8, 4) is 0 Å². The highest BCUT2D eigenvalue weighted by Crippen LogP contribution is 2.33. The third-order valence-corrected chi connectivity index (χ3v) is 3.87. The molecule has 1 saturated carbocycles. The molecule has 1 fully saturated rings. The molecule has 2 aromatic heterocycles. The Morgan fingerprint density at radius 3 is 2.85 bits per heavy atom. The lowest BCUT2D eigenvalue weighted by atomic mass is 9.99. The largest absolute Gasteiger partial charge is 0.394 e. The van der Waals surface area contributed by atoms with E-state index >= 15 is 0 Å². The Morgan fingerprint density at radius 2 is 2.15 bits per heavy atom. The second-order valence-corrected chi connectivity index (χ2v) is 5.30. The molecule has 3 rings (SSSR count). The first-order valence-electron chi connectivity index (χ1n) is 7.10. The van der Waals surface area contributed by atoms with Gasteiger partial charge in [-0.15, -0.1) is 0 Å². The number of nitrogens with one attached hydrogen (secondary N) is 3. The third kappa shape index (κ3) is 2.29. The Balaban J connectivity index is 1.98. The zero-order valence-electron chi connectivity index (χ0n) is 11.6. The minimum atomic E-state index is -0.268. The fourth-order valence-electron chi connectivity index (χ4n) is 2.79. The van der Waals surface area contributed by atoms with Gasteiger partial charge in [-0.25, -0.2) is 4.98 Å². The first-order valence-corrected chi connectivity index (χ1v) is 7.10. The van der Waals surface area contributed by atoms with Crippen LogP contribution >= 0.6 is 0 Å². The molecular formula is C13H20N6O. The highest BCUT2D eigenvalue weighted by Gasteiger charge is 2.34. The van der Waals surface area contributed by atoms with Crippen LogP contribution in [0, 0.1) is 0 Å². The molecule has 0 spiro atoms. The van der Waals surface area contributed by atoms with Gasteiger partial charge in [0.05, 0.1) is 18.5 Å². The van der Waals surface area contributed by atoms with E-state index in [4.69, 9.17) is 0 Å². The molecule has 1 aliphatic carbocycles. The molecule has 7 nitrogen and oxygen atoms in total. The van der Waals surface area contributed by atoms with Crippen LogP contribution in [0.1, 0.15) is 32.6 Å². The summed E-state index contributed by atoms with van der Waals surface area (Å²) in [7, 11) is 0. The molecule has 0 unspecified atom stereocenters. The Morgan fingerprint density at radius 1 is 1.35 bits per heavy atom. The van der Waals surface area contributed by atoms with Crippen molar-refractivity contribution < 1.29 is 5.11 Å². The fourth-order valence-corrected chi connectivity index (χ4v) is 2.79.